The zero-order chi connectivity index (χ0) is 16.7. The monoisotopic (exact) mass is 338 g/mol. The third kappa shape index (κ3) is 5.88. The van der Waals surface area contributed by atoms with Crippen molar-refractivity contribution in [2.75, 3.05) is 13.2 Å². The van der Waals surface area contributed by atoms with Gasteiger partial charge in [0.1, 0.15) is 18.2 Å². The van der Waals surface area contributed by atoms with E-state index in [4.69, 9.17) is 4.74 Å². The van der Waals surface area contributed by atoms with Crippen LogP contribution in [0, 0.1) is 5.82 Å². The Kier molecular flexibility index (Phi) is 6.37. The highest BCUT2D eigenvalue weighted by molar-refractivity contribution is 7.07. The van der Waals surface area contributed by atoms with E-state index in [2.05, 4.69) is 10.6 Å². The Hall–Kier alpha value is -2.12. The second kappa shape index (κ2) is 8.50. The van der Waals surface area contributed by atoms with E-state index in [0.29, 0.717) is 5.75 Å². The van der Waals surface area contributed by atoms with Gasteiger partial charge in [-0.1, -0.05) is 0 Å². The van der Waals surface area contributed by atoms with Crippen LogP contribution in [0.5, 0.6) is 5.75 Å². The van der Waals surface area contributed by atoms with E-state index < -0.39 is 6.10 Å². The number of carbonyl (C=O) groups is 1. The van der Waals surface area contributed by atoms with E-state index in [1.807, 2.05) is 16.8 Å². The zero-order valence-electron chi connectivity index (χ0n) is 12.7. The molecule has 23 heavy (non-hydrogen) atoms. The molecule has 0 saturated carbocycles. The predicted octanol–water partition coefficient (Wildman–Crippen LogP) is 2.69. The number of carbonyl (C=O) groups excluding carboxylic acids is 1. The molecule has 1 aromatic carbocycles. The number of ether oxygens (including phenoxy) is 1. The molecule has 0 fully saturated rings. The lowest BCUT2D eigenvalue weighted by Crippen LogP contribution is -2.44. The maximum atomic E-state index is 12.8. The van der Waals surface area contributed by atoms with E-state index in [1.54, 1.807) is 6.92 Å². The van der Waals surface area contributed by atoms with Gasteiger partial charge in [0.15, 0.2) is 0 Å². The summed E-state index contributed by atoms with van der Waals surface area (Å²) in [5, 5.41) is 18.9. The fraction of sp³-hybridized carbons (Fsp3) is 0.312. The summed E-state index contributed by atoms with van der Waals surface area (Å²) in [5.41, 5.74) is 0.781. The van der Waals surface area contributed by atoms with Gasteiger partial charge in [0.2, 0.25) is 0 Å². The number of halogens is 1. The number of hydrogen-bond acceptors (Lipinski definition) is 4. The largest absolute Gasteiger partial charge is 0.491 e. The molecule has 2 rings (SSSR count). The Morgan fingerprint density at radius 3 is 2.74 bits per heavy atom. The molecule has 124 valence electrons. The van der Waals surface area contributed by atoms with Crippen molar-refractivity contribution < 1.29 is 19.0 Å². The molecule has 0 aliphatic carbocycles. The highest BCUT2D eigenvalue weighted by atomic mass is 32.1. The second-order valence-corrected chi connectivity index (χ2v) is 5.87. The van der Waals surface area contributed by atoms with Gasteiger partial charge in [0, 0.05) is 6.54 Å². The van der Waals surface area contributed by atoms with E-state index in [-0.39, 0.29) is 31.0 Å². The van der Waals surface area contributed by atoms with Gasteiger partial charge in [0.25, 0.3) is 0 Å². The van der Waals surface area contributed by atoms with Gasteiger partial charge in [-0.05, 0) is 53.6 Å². The van der Waals surface area contributed by atoms with Crippen LogP contribution >= 0.6 is 11.3 Å². The number of amides is 2. The average Bonchev–Trinajstić information content (AvgIpc) is 3.06. The van der Waals surface area contributed by atoms with Gasteiger partial charge in [-0.25, -0.2) is 9.18 Å². The SMILES string of the molecule is CC(COc1ccc(F)cc1)NC(=O)NCC(O)c1ccsc1. The smallest absolute Gasteiger partial charge is 0.315 e. The molecule has 0 aliphatic heterocycles. The fourth-order valence-corrected chi connectivity index (χ4v) is 2.55. The van der Waals surface area contributed by atoms with Crippen LogP contribution in [0.4, 0.5) is 9.18 Å². The van der Waals surface area contributed by atoms with Crippen molar-refractivity contribution in [1.82, 2.24) is 10.6 Å². The first-order valence-electron chi connectivity index (χ1n) is 7.17. The van der Waals surface area contributed by atoms with Crippen LogP contribution in [0.2, 0.25) is 0 Å². The minimum absolute atomic E-state index is 0.133. The highest BCUT2D eigenvalue weighted by Crippen LogP contribution is 2.15. The van der Waals surface area contributed by atoms with Crippen molar-refractivity contribution in [2.24, 2.45) is 0 Å². The lowest BCUT2D eigenvalue weighted by molar-refractivity contribution is 0.172. The first kappa shape index (κ1) is 17.2. The molecule has 0 aliphatic rings. The summed E-state index contributed by atoms with van der Waals surface area (Å²) in [7, 11) is 0. The topological polar surface area (TPSA) is 70.6 Å². The summed E-state index contributed by atoms with van der Waals surface area (Å²) < 4.78 is 18.2. The van der Waals surface area contributed by atoms with E-state index >= 15 is 0 Å². The molecule has 0 spiro atoms. The van der Waals surface area contributed by atoms with Gasteiger partial charge in [0.05, 0.1) is 12.1 Å². The normalized spacial score (nSPS) is 13.2. The van der Waals surface area contributed by atoms with Crippen molar-refractivity contribution in [2.45, 2.75) is 19.1 Å². The Balaban J connectivity index is 1.67. The molecular formula is C16H19FN2O3S. The summed E-state index contributed by atoms with van der Waals surface area (Å²) >= 11 is 1.49. The van der Waals surface area contributed by atoms with Crippen LogP contribution in [0.3, 0.4) is 0 Å². The van der Waals surface area contributed by atoms with Crippen LogP contribution < -0.4 is 15.4 Å². The average molecular weight is 338 g/mol. The van der Waals surface area contributed by atoms with E-state index in [0.717, 1.165) is 5.56 Å². The third-order valence-corrected chi connectivity index (χ3v) is 3.78. The third-order valence-electron chi connectivity index (χ3n) is 3.08. The number of rotatable bonds is 7. The molecule has 0 saturated heterocycles. The molecule has 5 nitrogen and oxygen atoms in total. The second-order valence-electron chi connectivity index (χ2n) is 5.09. The molecule has 0 bridgehead atoms. The Morgan fingerprint density at radius 2 is 2.09 bits per heavy atom. The van der Waals surface area contributed by atoms with Gasteiger partial charge in [-0.2, -0.15) is 11.3 Å². The minimum atomic E-state index is -0.724. The molecular weight excluding hydrogens is 319 g/mol. The standard InChI is InChI=1S/C16H19FN2O3S/c1-11(9-22-14-4-2-13(17)3-5-14)19-16(21)18-8-15(20)12-6-7-23-10-12/h2-7,10-11,15,20H,8-9H2,1H3,(H2,18,19,21). The van der Waals surface area contributed by atoms with Crippen LogP contribution in [-0.4, -0.2) is 30.3 Å². The molecule has 0 radical (unpaired) electrons. The molecule has 1 heterocycles. The molecule has 3 N–H and O–H groups in total. The lowest BCUT2D eigenvalue weighted by Gasteiger charge is -2.16. The molecule has 2 unspecified atom stereocenters. The summed E-state index contributed by atoms with van der Waals surface area (Å²) in [4.78, 5) is 11.7. The summed E-state index contributed by atoms with van der Waals surface area (Å²) in [5.74, 6) is 0.209. The fourth-order valence-electron chi connectivity index (χ4n) is 1.84. The first-order chi connectivity index (χ1) is 11.0. The number of nitrogens with one attached hydrogen (secondary N) is 2. The van der Waals surface area contributed by atoms with Gasteiger partial charge in [-0.3, -0.25) is 0 Å². The van der Waals surface area contributed by atoms with Crippen molar-refractivity contribution in [3.63, 3.8) is 0 Å². The van der Waals surface area contributed by atoms with Crippen LogP contribution in [0.1, 0.15) is 18.6 Å². The zero-order valence-corrected chi connectivity index (χ0v) is 13.5. The summed E-state index contributed by atoms with van der Waals surface area (Å²) in [6.45, 7) is 2.18. The van der Waals surface area contributed by atoms with Crippen molar-refractivity contribution in [3.8, 4) is 5.75 Å². The summed E-state index contributed by atoms with van der Waals surface area (Å²) in [6, 6.07) is 6.87. The number of aliphatic hydroxyl groups excluding tert-OH is 1. The van der Waals surface area contributed by atoms with Crippen LogP contribution in [-0.2, 0) is 0 Å². The first-order valence-corrected chi connectivity index (χ1v) is 8.12. The lowest BCUT2D eigenvalue weighted by atomic mass is 10.2. The van der Waals surface area contributed by atoms with Crippen molar-refractivity contribution >= 4 is 17.4 Å². The van der Waals surface area contributed by atoms with Gasteiger partial charge >= 0.3 is 6.03 Å². The van der Waals surface area contributed by atoms with Crippen molar-refractivity contribution in [1.29, 1.82) is 0 Å². The van der Waals surface area contributed by atoms with Gasteiger partial charge in [-0.15, -0.1) is 0 Å². The molecule has 7 heteroatoms. The minimum Gasteiger partial charge on any atom is -0.491 e. The molecule has 1 aromatic heterocycles. The van der Waals surface area contributed by atoms with E-state index in [1.165, 1.54) is 35.6 Å². The summed E-state index contributed by atoms with van der Waals surface area (Å²) in [6.07, 6.45) is -0.724. The maximum absolute atomic E-state index is 12.8. The number of hydrogen-bond donors (Lipinski definition) is 3. The Bertz CT molecular complexity index is 604. The maximum Gasteiger partial charge on any atom is 0.315 e. The molecule has 2 aromatic rings. The van der Waals surface area contributed by atoms with Gasteiger partial charge < -0.3 is 20.5 Å². The molecule has 2 atom stereocenters. The van der Waals surface area contributed by atoms with Crippen molar-refractivity contribution in [3.05, 3.63) is 52.5 Å². The van der Waals surface area contributed by atoms with Crippen LogP contribution in [0.25, 0.3) is 0 Å². The quantitative estimate of drug-likeness (QED) is 0.727. The highest BCUT2D eigenvalue weighted by Gasteiger charge is 2.12. The number of thiophene rings is 1. The number of urea groups is 1. The Morgan fingerprint density at radius 1 is 1.35 bits per heavy atom. The molecule has 2 amide bonds. The van der Waals surface area contributed by atoms with E-state index in [9.17, 15) is 14.3 Å². The predicted molar refractivity (Wildman–Crippen MR) is 87.2 cm³/mol. The van der Waals surface area contributed by atoms with Crippen LogP contribution in [0.15, 0.2) is 41.1 Å². The Labute approximate surface area is 138 Å². The number of benzene rings is 1. The number of aliphatic hydroxyl groups is 1.